The van der Waals surface area contributed by atoms with Crippen molar-refractivity contribution in [3.8, 4) is 0 Å². The number of hydrogen-bond donors (Lipinski definition) is 1. The van der Waals surface area contributed by atoms with Gasteiger partial charge in [-0.25, -0.2) is 0 Å². The van der Waals surface area contributed by atoms with Crippen molar-refractivity contribution >= 4 is 28.2 Å². The monoisotopic (exact) mass is 341 g/mol. The molecule has 0 unspecified atom stereocenters. The number of anilines is 1. The average Bonchev–Trinajstić information content (AvgIpc) is 3.02. The molecule has 118 valence electrons. The van der Waals surface area contributed by atoms with E-state index in [2.05, 4.69) is 84.0 Å². The van der Waals surface area contributed by atoms with Gasteiger partial charge in [0.2, 0.25) is 5.13 Å². The van der Waals surface area contributed by atoms with E-state index in [0.29, 0.717) is 0 Å². The molecule has 0 fully saturated rings. The van der Waals surface area contributed by atoms with Gasteiger partial charge < -0.3 is 5.32 Å². The van der Waals surface area contributed by atoms with Crippen LogP contribution in [0.15, 0.2) is 58.9 Å². The number of benzene rings is 2. The molecule has 1 atom stereocenters. The Balaban J connectivity index is 1.94. The molecule has 0 aliphatic carbocycles. The topological polar surface area (TPSA) is 37.8 Å². The first-order chi connectivity index (χ1) is 11.3. The normalized spacial score (nSPS) is 12.1. The third-order valence-electron chi connectivity index (χ3n) is 3.53. The highest BCUT2D eigenvalue weighted by molar-refractivity contribution is 8.01. The van der Waals surface area contributed by atoms with Crippen LogP contribution in [-0.2, 0) is 0 Å². The largest absolute Gasteiger partial charge is 0.360 e. The van der Waals surface area contributed by atoms with Gasteiger partial charge in [-0.3, -0.25) is 0 Å². The predicted molar refractivity (Wildman–Crippen MR) is 99.4 cm³/mol. The Morgan fingerprint density at radius 2 is 1.78 bits per heavy atom. The van der Waals surface area contributed by atoms with Crippen molar-refractivity contribution in [2.45, 2.75) is 23.4 Å². The average molecular weight is 342 g/mol. The predicted octanol–water partition coefficient (Wildman–Crippen LogP) is 5.16. The zero-order valence-corrected chi connectivity index (χ0v) is 14.8. The Morgan fingerprint density at radius 1 is 1.04 bits per heavy atom. The fourth-order valence-corrected chi connectivity index (χ4v) is 4.64. The molecule has 0 aliphatic rings. The molecule has 0 radical (unpaired) electrons. The molecule has 3 rings (SSSR count). The van der Waals surface area contributed by atoms with Crippen molar-refractivity contribution in [1.29, 1.82) is 0 Å². The van der Waals surface area contributed by atoms with Crippen LogP contribution >= 0.6 is 23.1 Å². The summed E-state index contributed by atoms with van der Waals surface area (Å²) in [5.41, 5.74) is 3.90. The van der Waals surface area contributed by atoms with Crippen LogP contribution in [0, 0.1) is 6.92 Å². The number of rotatable bonds is 6. The molecule has 1 aromatic heterocycles. The number of nitrogens with one attached hydrogen (secondary N) is 1. The fourth-order valence-electron chi connectivity index (χ4n) is 2.40. The van der Waals surface area contributed by atoms with Gasteiger partial charge in [-0.1, -0.05) is 77.7 Å². The molecule has 1 heterocycles. The molecular formula is C18H19N3S2. The van der Waals surface area contributed by atoms with E-state index in [4.69, 9.17) is 0 Å². The quantitative estimate of drug-likeness (QED) is 0.628. The lowest BCUT2D eigenvalue weighted by Crippen LogP contribution is -1.99. The number of nitrogens with zero attached hydrogens (tertiary/aromatic N) is 2. The molecule has 0 spiro atoms. The first-order valence-corrected chi connectivity index (χ1v) is 9.32. The van der Waals surface area contributed by atoms with Crippen molar-refractivity contribution in [2.75, 3.05) is 11.9 Å². The molecule has 3 nitrogen and oxygen atoms in total. The molecule has 0 saturated carbocycles. The lowest BCUT2D eigenvalue weighted by Gasteiger charge is -2.18. The first kappa shape index (κ1) is 16.0. The lowest BCUT2D eigenvalue weighted by atomic mass is 10.0. The molecule has 0 amide bonds. The molecule has 0 saturated heterocycles. The summed E-state index contributed by atoms with van der Waals surface area (Å²) in [7, 11) is 0. The standard InChI is InChI=1S/C18H19N3S2/c1-3-19-17-20-21-18(23-17)22-16(14-10-5-4-6-11-14)15-12-8-7-9-13(15)2/h4-12,16H,3H2,1-2H3,(H,19,20)/t16-/m1/s1. The molecule has 0 bridgehead atoms. The highest BCUT2D eigenvalue weighted by atomic mass is 32.2. The summed E-state index contributed by atoms with van der Waals surface area (Å²) in [4.78, 5) is 0. The molecule has 3 aromatic rings. The van der Waals surface area contributed by atoms with Crippen molar-refractivity contribution in [3.63, 3.8) is 0 Å². The van der Waals surface area contributed by atoms with Crippen LogP contribution < -0.4 is 5.32 Å². The number of hydrogen-bond acceptors (Lipinski definition) is 5. The third kappa shape index (κ3) is 3.92. The minimum atomic E-state index is 0.222. The van der Waals surface area contributed by atoms with Crippen LogP contribution in [-0.4, -0.2) is 16.7 Å². The van der Waals surface area contributed by atoms with Crippen molar-refractivity contribution in [2.24, 2.45) is 0 Å². The van der Waals surface area contributed by atoms with E-state index in [-0.39, 0.29) is 5.25 Å². The summed E-state index contributed by atoms with van der Waals surface area (Å²) >= 11 is 3.37. The third-order valence-corrected chi connectivity index (χ3v) is 5.79. The van der Waals surface area contributed by atoms with Crippen molar-refractivity contribution < 1.29 is 0 Å². The van der Waals surface area contributed by atoms with Gasteiger partial charge in [-0.15, -0.1) is 10.2 Å². The van der Waals surface area contributed by atoms with E-state index >= 15 is 0 Å². The maximum absolute atomic E-state index is 4.32. The Morgan fingerprint density at radius 3 is 2.52 bits per heavy atom. The molecule has 2 aromatic carbocycles. The Bertz CT molecular complexity index is 756. The fraction of sp³-hybridized carbons (Fsp3) is 0.222. The molecule has 0 aliphatic heterocycles. The summed E-state index contributed by atoms with van der Waals surface area (Å²) in [6, 6.07) is 19.1. The summed E-state index contributed by atoms with van der Waals surface area (Å²) in [6.07, 6.45) is 0. The summed E-state index contributed by atoms with van der Waals surface area (Å²) < 4.78 is 0.984. The second-order valence-electron chi connectivity index (χ2n) is 5.17. The van der Waals surface area contributed by atoms with Crippen LogP contribution in [0.4, 0.5) is 5.13 Å². The van der Waals surface area contributed by atoms with Gasteiger partial charge in [0, 0.05) is 6.54 Å². The second kappa shape index (κ2) is 7.62. The first-order valence-electron chi connectivity index (χ1n) is 7.62. The van der Waals surface area contributed by atoms with Gasteiger partial charge in [0.25, 0.3) is 0 Å². The van der Waals surface area contributed by atoms with E-state index in [0.717, 1.165) is 16.0 Å². The van der Waals surface area contributed by atoms with E-state index in [1.807, 2.05) is 0 Å². The van der Waals surface area contributed by atoms with E-state index in [9.17, 15) is 0 Å². The van der Waals surface area contributed by atoms with Crippen LogP contribution in [0.1, 0.15) is 28.9 Å². The van der Waals surface area contributed by atoms with Gasteiger partial charge in [-0.05, 0) is 30.5 Å². The van der Waals surface area contributed by atoms with Crippen molar-refractivity contribution in [1.82, 2.24) is 10.2 Å². The Hall–Kier alpha value is -1.85. The minimum Gasteiger partial charge on any atom is -0.360 e. The highest BCUT2D eigenvalue weighted by Crippen LogP contribution is 2.43. The number of thioether (sulfide) groups is 1. The van der Waals surface area contributed by atoms with E-state index in [1.165, 1.54) is 16.7 Å². The zero-order valence-electron chi connectivity index (χ0n) is 13.2. The molecular weight excluding hydrogens is 322 g/mol. The van der Waals surface area contributed by atoms with Gasteiger partial charge in [0.1, 0.15) is 0 Å². The maximum Gasteiger partial charge on any atom is 0.206 e. The molecule has 23 heavy (non-hydrogen) atoms. The lowest BCUT2D eigenvalue weighted by molar-refractivity contribution is 0.995. The Kier molecular flexibility index (Phi) is 5.31. The maximum atomic E-state index is 4.32. The van der Waals surface area contributed by atoms with Crippen LogP contribution in [0.25, 0.3) is 0 Å². The van der Waals surface area contributed by atoms with Gasteiger partial charge in [-0.2, -0.15) is 0 Å². The summed E-state index contributed by atoms with van der Waals surface area (Å²) in [5.74, 6) is 0. The number of aryl methyl sites for hydroxylation is 1. The smallest absolute Gasteiger partial charge is 0.206 e. The summed E-state index contributed by atoms with van der Waals surface area (Å²) in [5, 5.41) is 12.9. The van der Waals surface area contributed by atoms with Crippen LogP contribution in [0.5, 0.6) is 0 Å². The Labute approximate surface area is 145 Å². The number of aromatic nitrogens is 2. The van der Waals surface area contributed by atoms with E-state index in [1.54, 1.807) is 23.1 Å². The minimum absolute atomic E-state index is 0.222. The molecule has 1 N–H and O–H groups in total. The van der Waals surface area contributed by atoms with Crippen molar-refractivity contribution in [3.05, 3.63) is 71.3 Å². The summed E-state index contributed by atoms with van der Waals surface area (Å²) in [6.45, 7) is 5.09. The van der Waals surface area contributed by atoms with E-state index < -0.39 is 0 Å². The van der Waals surface area contributed by atoms with Crippen LogP contribution in [0.3, 0.4) is 0 Å². The van der Waals surface area contributed by atoms with Crippen LogP contribution in [0.2, 0.25) is 0 Å². The van der Waals surface area contributed by atoms with Gasteiger partial charge in [0.05, 0.1) is 5.25 Å². The zero-order chi connectivity index (χ0) is 16.1. The van der Waals surface area contributed by atoms with Gasteiger partial charge >= 0.3 is 0 Å². The molecule has 5 heteroatoms. The highest BCUT2D eigenvalue weighted by Gasteiger charge is 2.19. The van der Waals surface area contributed by atoms with Gasteiger partial charge in [0.15, 0.2) is 4.34 Å². The SMILES string of the molecule is CCNc1nnc(S[C@H](c2ccccc2)c2ccccc2C)s1. The second-order valence-corrected chi connectivity index (χ2v) is 7.50.